The molecule has 0 aliphatic carbocycles. The van der Waals surface area contributed by atoms with Crippen LogP contribution in [0, 0.1) is 18.3 Å². The van der Waals surface area contributed by atoms with Gasteiger partial charge >= 0.3 is 0 Å². The third kappa shape index (κ3) is 3.24. The lowest BCUT2D eigenvalue weighted by atomic mass is 10.1. The van der Waals surface area contributed by atoms with Crippen LogP contribution in [0.4, 0.5) is 5.69 Å². The number of likely N-dealkylation sites (N-methyl/N-ethyl adjacent to an activating group) is 2. The minimum atomic E-state index is 0.0290. The second-order valence-electron chi connectivity index (χ2n) is 4.43. The summed E-state index contributed by atoms with van der Waals surface area (Å²) < 4.78 is 0. The first-order chi connectivity index (χ1) is 8.49. The molecule has 0 saturated heterocycles. The minimum Gasteiger partial charge on any atom is -0.361 e. The highest BCUT2D eigenvalue weighted by Gasteiger charge is 2.14. The molecule has 1 rings (SSSR count). The lowest BCUT2D eigenvalue weighted by Crippen LogP contribution is -2.36. The molecule has 0 aliphatic heterocycles. The van der Waals surface area contributed by atoms with Crippen molar-refractivity contribution in [3.8, 4) is 6.07 Å². The molecule has 18 heavy (non-hydrogen) atoms. The Morgan fingerprint density at radius 2 is 2.06 bits per heavy atom. The van der Waals surface area contributed by atoms with Gasteiger partial charge in [-0.1, -0.05) is 6.07 Å². The summed E-state index contributed by atoms with van der Waals surface area (Å²) in [5.41, 5.74) is 2.48. The van der Waals surface area contributed by atoms with Gasteiger partial charge in [0.2, 0.25) is 5.91 Å². The van der Waals surface area contributed by atoms with E-state index in [1.165, 1.54) is 0 Å². The summed E-state index contributed by atoms with van der Waals surface area (Å²) in [5.74, 6) is 0.0290. The largest absolute Gasteiger partial charge is 0.361 e. The van der Waals surface area contributed by atoms with E-state index < -0.39 is 0 Å². The maximum atomic E-state index is 11.8. The van der Waals surface area contributed by atoms with Crippen molar-refractivity contribution < 1.29 is 4.79 Å². The van der Waals surface area contributed by atoms with Crippen LogP contribution >= 0.6 is 0 Å². The molecular formula is C14H19N3O. The molecule has 0 bridgehead atoms. The van der Waals surface area contributed by atoms with E-state index in [9.17, 15) is 4.79 Å². The fourth-order valence-electron chi connectivity index (χ4n) is 1.69. The van der Waals surface area contributed by atoms with Gasteiger partial charge in [-0.3, -0.25) is 4.79 Å². The predicted octanol–water partition coefficient (Wildman–Crippen LogP) is 1.78. The van der Waals surface area contributed by atoms with Gasteiger partial charge in [-0.05, 0) is 31.5 Å². The van der Waals surface area contributed by atoms with E-state index in [0.717, 1.165) is 11.3 Å². The number of carbonyl (C=O) groups is 1. The predicted molar refractivity (Wildman–Crippen MR) is 72.5 cm³/mol. The zero-order chi connectivity index (χ0) is 13.7. The zero-order valence-electron chi connectivity index (χ0n) is 11.4. The van der Waals surface area contributed by atoms with Crippen LogP contribution in [0.2, 0.25) is 0 Å². The first-order valence-electron chi connectivity index (χ1n) is 5.95. The standard InChI is InChI=1S/C14H19N3O/c1-5-17(10-14(18)16(3)4)13-7-6-11(2)8-12(13)9-15/h6-8H,5,10H2,1-4H3. The summed E-state index contributed by atoms with van der Waals surface area (Å²) >= 11 is 0. The molecule has 1 amide bonds. The van der Waals surface area contributed by atoms with Gasteiger partial charge in [-0.2, -0.15) is 5.26 Å². The number of hydrogen-bond donors (Lipinski definition) is 0. The molecule has 0 fully saturated rings. The monoisotopic (exact) mass is 245 g/mol. The van der Waals surface area contributed by atoms with Gasteiger partial charge in [0.25, 0.3) is 0 Å². The molecule has 0 atom stereocenters. The number of nitriles is 1. The molecule has 4 heteroatoms. The van der Waals surface area contributed by atoms with Crippen LogP contribution in [0.5, 0.6) is 0 Å². The number of rotatable bonds is 4. The molecule has 4 nitrogen and oxygen atoms in total. The van der Waals surface area contributed by atoms with E-state index in [2.05, 4.69) is 6.07 Å². The molecule has 0 unspecified atom stereocenters. The van der Waals surface area contributed by atoms with Crippen LogP contribution in [0.1, 0.15) is 18.1 Å². The SMILES string of the molecule is CCN(CC(=O)N(C)C)c1ccc(C)cc1C#N. The Hall–Kier alpha value is -2.02. The van der Waals surface area contributed by atoms with Gasteiger partial charge < -0.3 is 9.80 Å². The van der Waals surface area contributed by atoms with Crippen LogP contribution in [0.25, 0.3) is 0 Å². The highest BCUT2D eigenvalue weighted by atomic mass is 16.2. The maximum Gasteiger partial charge on any atom is 0.241 e. The van der Waals surface area contributed by atoms with Gasteiger partial charge in [-0.25, -0.2) is 0 Å². The van der Waals surface area contributed by atoms with Crippen molar-refractivity contribution in [2.75, 3.05) is 32.1 Å². The lowest BCUT2D eigenvalue weighted by Gasteiger charge is -2.25. The van der Waals surface area contributed by atoms with E-state index in [-0.39, 0.29) is 5.91 Å². The average molecular weight is 245 g/mol. The van der Waals surface area contributed by atoms with Gasteiger partial charge in [0.05, 0.1) is 17.8 Å². The molecule has 0 heterocycles. The molecule has 1 aromatic rings. The van der Waals surface area contributed by atoms with E-state index in [1.54, 1.807) is 19.0 Å². The molecule has 0 aliphatic rings. The van der Waals surface area contributed by atoms with Crippen molar-refractivity contribution in [2.45, 2.75) is 13.8 Å². The summed E-state index contributed by atoms with van der Waals surface area (Å²) in [7, 11) is 3.47. The van der Waals surface area contributed by atoms with Crippen LogP contribution < -0.4 is 4.90 Å². The van der Waals surface area contributed by atoms with Crippen LogP contribution in [-0.4, -0.2) is 38.0 Å². The van der Waals surface area contributed by atoms with E-state index in [0.29, 0.717) is 18.7 Å². The quantitative estimate of drug-likeness (QED) is 0.812. The summed E-state index contributed by atoms with van der Waals surface area (Å²) in [5, 5.41) is 9.16. The second kappa shape index (κ2) is 6.06. The molecule has 0 saturated carbocycles. The Morgan fingerprint density at radius 3 is 2.56 bits per heavy atom. The van der Waals surface area contributed by atoms with Gasteiger partial charge in [0.15, 0.2) is 0 Å². The van der Waals surface area contributed by atoms with Crippen molar-refractivity contribution in [3.05, 3.63) is 29.3 Å². The molecule has 0 radical (unpaired) electrons. The third-order valence-corrected chi connectivity index (χ3v) is 2.82. The zero-order valence-corrected chi connectivity index (χ0v) is 11.4. The number of carbonyl (C=O) groups excluding carboxylic acids is 1. The summed E-state index contributed by atoms with van der Waals surface area (Å²) in [4.78, 5) is 15.2. The van der Waals surface area contributed by atoms with Crippen LogP contribution in [0.3, 0.4) is 0 Å². The van der Waals surface area contributed by atoms with Crippen molar-refractivity contribution in [2.24, 2.45) is 0 Å². The topological polar surface area (TPSA) is 47.3 Å². The Kier molecular flexibility index (Phi) is 4.73. The third-order valence-electron chi connectivity index (χ3n) is 2.82. The maximum absolute atomic E-state index is 11.8. The second-order valence-corrected chi connectivity index (χ2v) is 4.43. The molecular weight excluding hydrogens is 226 g/mol. The van der Waals surface area contributed by atoms with E-state index in [1.807, 2.05) is 36.9 Å². The van der Waals surface area contributed by atoms with Crippen molar-refractivity contribution in [1.82, 2.24) is 4.90 Å². The first kappa shape index (κ1) is 14.0. The van der Waals surface area contributed by atoms with Gasteiger partial charge in [0, 0.05) is 20.6 Å². The number of amides is 1. The minimum absolute atomic E-state index is 0.0290. The van der Waals surface area contributed by atoms with Crippen molar-refractivity contribution >= 4 is 11.6 Å². The molecule has 1 aromatic carbocycles. The first-order valence-corrected chi connectivity index (χ1v) is 5.95. The van der Waals surface area contributed by atoms with Gasteiger partial charge in [-0.15, -0.1) is 0 Å². The van der Waals surface area contributed by atoms with Gasteiger partial charge in [0.1, 0.15) is 6.07 Å². The lowest BCUT2D eigenvalue weighted by molar-refractivity contribution is -0.127. The van der Waals surface area contributed by atoms with Crippen LogP contribution in [0.15, 0.2) is 18.2 Å². The Balaban J connectivity index is 3.03. The Morgan fingerprint density at radius 1 is 1.39 bits per heavy atom. The molecule has 96 valence electrons. The number of hydrogen-bond acceptors (Lipinski definition) is 3. The number of aryl methyl sites for hydroxylation is 1. The number of nitrogens with zero attached hydrogens (tertiary/aromatic N) is 3. The molecule has 0 aromatic heterocycles. The summed E-state index contributed by atoms with van der Waals surface area (Å²) in [6.45, 7) is 4.91. The summed E-state index contributed by atoms with van der Waals surface area (Å²) in [6, 6.07) is 7.89. The summed E-state index contributed by atoms with van der Waals surface area (Å²) in [6.07, 6.45) is 0. The van der Waals surface area contributed by atoms with Crippen molar-refractivity contribution in [3.63, 3.8) is 0 Å². The highest BCUT2D eigenvalue weighted by molar-refractivity contribution is 5.81. The molecule has 0 N–H and O–H groups in total. The number of benzene rings is 1. The average Bonchev–Trinajstić information content (AvgIpc) is 2.35. The highest BCUT2D eigenvalue weighted by Crippen LogP contribution is 2.21. The van der Waals surface area contributed by atoms with Crippen molar-refractivity contribution in [1.29, 1.82) is 5.26 Å². The van der Waals surface area contributed by atoms with E-state index >= 15 is 0 Å². The fourth-order valence-corrected chi connectivity index (χ4v) is 1.69. The Labute approximate surface area is 108 Å². The smallest absolute Gasteiger partial charge is 0.241 e. The van der Waals surface area contributed by atoms with Crippen LogP contribution in [-0.2, 0) is 4.79 Å². The Bertz CT molecular complexity index is 474. The number of anilines is 1. The van der Waals surface area contributed by atoms with E-state index in [4.69, 9.17) is 5.26 Å². The fraction of sp³-hybridized carbons (Fsp3) is 0.429. The normalized spacial score (nSPS) is 9.72. The molecule has 0 spiro atoms.